The molecule has 0 saturated heterocycles. The number of rotatable bonds is 7. The van der Waals surface area contributed by atoms with Crippen molar-refractivity contribution in [2.24, 2.45) is 0 Å². The van der Waals surface area contributed by atoms with Gasteiger partial charge in [0.1, 0.15) is 0 Å². The molecule has 0 fully saturated rings. The Morgan fingerprint density at radius 3 is 2.39 bits per heavy atom. The Morgan fingerprint density at radius 1 is 1.09 bits per heavy atom. The summed E-state index contributed by atoms with van der Waals surface area (Å²) in [6.45, 7) is 0.856. The van der Waals surface area contributed by atoms with Gasteiger partial charge in [0.25, 0.3) is 0 Å². The van der Waals surface area contributed by atoms with E-state index in [-0.39, 0.29) is 5.91 Å². The highest BCUT2D eigenvalue weighted by molar-refractivity contribution is 6.30. The van der Waals surface area contributed by atoms with Crippen LogP contribution in [0.25, 0.3) is 0 Å². The lowest BCUT2D eigenvalue weighted by Gasteiger charge is -2.18. The van der Waals surface area contributed by atoms with E-state index < -0.39 is 0 Å². The third-order valence-corrected chi connectivity index (χ3v) is 3.65. The van der Waals surface area contributed by atoms with Crippen molar-refractivity contribution in [2.75, 3.05) is 20.8 Å². The number of carbonyl (C=O) groups excluding carboxylic acids is 1. The predicted octanol–water partition coefficient (Wildman–Crippen LogP) is 3.78. The number of ether oxygens (including phenoxy) is 2. The Labute approximate surface area is 141 Å². The Hall–Kier alpha value is -2.20. The number of benzene rings is 2. The maximum atomic E-state index is 12.1. The van der Waals surface area contributed by atoms with Crippen molar-refractivity contribution in [1.82, 2.24) is 4.90 Å². The highest BCUT2D eigenvalue weighted by Crippen LogP contribution is 2.25. The van der Waals surface area contributed by atoms with Gasteiger partial charge in [-0.1, -0.05) is 35.9 Å². The molecule has 2 rings (SSSR count). The minimum absolute atomic E-state index is 0.0230. The molecular weight excluding hydrogens is 314 g/mol. The maximum absolute atomic E-state index is 12.1. The lowest BCUT2D eigenvalue weighted by Crippen LogP contribution is -2.27. The van der Waals surface area contributed by atoms with Crippen molar-refractivity contribution >= 4 is 17.5 Å². The first-order valence-electron chi connectivity index (χ1n) is 7.34. The molecule has 0 aliphatic heterocycles. The molecule has 0 unspecified atom stereocenters. The molecule has 23 heavy (non-hydrogen) atoms. The number of hydrogen-bond donors (Lipinski definition) is 0. The molecule has 1 amide bonds. The monoisotopic (exact) mass is 333 g/mol. The maximum Gasteiger partial charge on any atom is 0.226 e. The van der Waals surface area contributed by atoms with Gasteiger partial charge in [0.05, 0.1) is 20.1 Å². The minimum atomic E-state index is 0.0230. The van der Waals surface area contributed by atoms with E-state index in [1.54, 1.807) is 19.1 Å². The molecule has 2 aromatic rings. The largest absolute Gasteiger partial charge is 0.493 e. The number of amides is 1. The average molecular weight is 334 g/mol. The summed E-state index contributed by atoms with van der Waals surface area (Å²) in [5.41, 5.74) is 1.04. The van der Waals surface area contributed by atoms with E-state index in [0.29, 0.717) is 36.1 Å². The Bertz CT molecular complexity index is 643. The van der Waals surface area contributed by atoms with Crippen molar-refractivity contribution in [3.63, 3.8) is 0 Å². The van der Waals surface area contributed by atoms with Gasteiger partial charge in [-0.25, -0.2) is 0 Å². The molecule has 0 saturated carbocycles. The fourth-order valence-electron chi connectivity index (χ4n) is 2.13. The van der Waals surface area contributed by atoms with Crippen LogP contribution in [-0.2, 0) is 11.3 Å². The van der Waals surface area contributed by atoms with Crippen LogP contribution in [-0.4, -0.2) is 31.6 Å². The van der Waals surface area contributed by atoms with Gasteiger partial charge in [0.2, 0.25) is 5.91 Å². The number of para-hydroxylation sites is 2. The first-order chi connectivity index (χ1) is 11.1. The second-order valence-corrected chi connectivity index (χ2v) is 5.56. The highest BCUT2D eigenvalue weighted by Gasteiger charge is 2.10. The molecule has 4 nitrogen and oxygen atoms in total. The van der Waals surface area contributed by atoms with Gasteiger partial charge in [-0.05, 0) is 29.8 Å². The normalized spacial score (nSPS) is 10.2. The Morgan fingerprint density at radius 2 is 1.74 bits per heavy atom. The van der Waals surface area contributed by atoms with E-state index in [2.05, 4.69) is 0 Å². The summed E-state index contributed by atoms with van der Waals surface area (Å²) < 4.78 is 10.8. The summed E-state index contributed by atoms with van der Waals surface area (Å²) in [6, 6.07) is 14.8. The fourth-order valence-corrected chi connectivity index (χ4v) is 2.26. The van der Waals surface area contributed by atoms with Gasteiger partial charge in [-0.2, -0.15) is 0 Å². The van der Waals surface area contributed by atoms with Crippen LogP contribution in [0.15, 0.2) is 48.5 Å². The molecule has 2 aromatic carbocycles. The van der Waals surface area contributed by atoms with E-state index in [9.17, 15) is 4.79 Å². The SMILES string of the molecule is COc1ccccc1OCCC(=O)N(C)Cc1ccc(Cl)cc1. The molecule has 5 heteroatoms. The quantitative estimate of drug-likeness (QED) is 0.774. The van der Waals surface area contributed by atoms with Crippen molar-refractivity contribution in [1.29, 1.82) is 0 Å². The number of carbonyl (C=O) groups is 1. The summed E-state index contributed by atoms with van der Waals surface area (Å²) in [5, 5.41) is 0.688. The molecule has 0 radical (unpaired) electrons. The first-order valence-corrected chi connectivity index (χ1v) is 7.72. The highest BCUT2D eigenvalue weighted by atomic mass is 35.5. The first kappa shape index (κ1) is 17.2. The van der Waals surface area contributed by atoms with E-state index in [1.807, 2.05) is 48.5 Å². The molecule has 0 atom stereocenters. The molecule has 0 aliphatic rings. The smallest absolute Gasteiger partial charge is 0.226 e. The molecule has 0 aromatic heterocycles. The van der Waals surface area contributed by atoms with Crippen LogP contribution < -0.4 is 9.47 Å². The van der Waals surface area contributed by atoms with E-state index in [4.69, 9.17) is 21.1 Å². The molecule has 0 spiro atoms. The Balaban J connectivity index is 1.81. The summed E-state index contributed by atoms with van der Waals surface area (Å²) in [4.78, 5) is 13.8. The number of nitrogens with zero attached hydrogens (tertiary/aromatic N) is 1. The molecule has 0 N–H and O–H groups in total. The zero-order valence-corrected chi connectivity index (χ0v) is 14.0. The van der Waals surface area contributed by atoms with Crippen molar-refractivity contribution in [3.05, 3.63) is 59.1 Å². The van der Waals surface area contributed by atoms with Crippen LogP contribution >= 0.6 is 11.6 Å². The third kappa shape index (κ3) is 5.18. The summed E-state index contributed by atoms with van der Waals surface area (Å²) in [7, 11) is 3.37. The van der Waals surface area contributed by atoms with Gasteiger partial charge < -0.3 is 14.4 Å². The fraction of sp³-hybridized carbons (Fsp3) is 0.278. The van der Waals surface area contributed by atoms with Crippen LogP contribution in [0, 0.1) is 0 Å². The molecule has 0 aliphatic carbocycles. The van der Waals surface area contributed by atoms with E-state index in [0.717, 1.165) is 5.56 Å². The minimum Gasteiger partial charge on any atom is -0.493 e. The van der Waals surface area contributed by atoms with Crippen LogP contribution in [0.1, 0.15) is 12.0 Å². The lowest BCUT2D eigenvalue weighted by atomic mass is 10.2. The van der Waals surface area contributed by atoms with Crippen LogP contribution in [0.4, 0.5) is 0 Å². The van der Waals surface area contributed by atoms with Gasteiger partial charge in [0.15, 0.2) is 11.5 Å². The van der Waals surface area contributed by atoms with Gasteiger partial charge in [0, 0.05) is 18.6 Å². The molecule has 0 heterocycles. The van der Waals surface area contributed by atoms with Crippen LogP contribution in [0.2, 0.25) is 5.02 Å². The summed E-state index contributed by atoms with van der Waals surface area (Å²) in [6.07, 6.45) is 0.308. The second-order valence-electron chi connectivity index (χ2n) is 5.13. The van der Waals surface area contributed by atoms with Gasteiger partial charge >= 0.3 is 0 Å². The molecule has 0 bridgehead atoms. The molecular formula is C18H20ClNO3. The lowest BCUT2D eigenvalue weighted by molar-refractivity contribution is -0.130. The number of halogens is 1. The Kier molecular flexibility index (Phi) is 6.29. The van der Waals surface area contributed by atoms with E-state index >= 15 is 0 Å². The van der Waals surface area contributed by atoms with E-state index in [1.165, 1.54) is 0 Å². The zero-order valence-electron chi connectivity index (χ0n) is 13.3. The predicted molar refractivity (Wildman–Crippen MR) is 91.0 cm³/mol. The molecule has 122 valence electrons. The summed E-state index contributed by atoms with van der Waals surface area (Å²) in [5.74, 6) is 1.33. The van der Waals surface area contributed by atoms with Gasteiger partial charge in [-0.3, -0.25) is 4.79 Å². The standard InChI is InChI=1S/C18H20ClNO3/c1-20(13-14-7-9-15(19)10-8-14)18(21)11-12-23-17-6-4-3-5-16(17)22-2/h3-10H,11-13H2,1-2H3. The van der Waals surface area contributed by atoms with Crippen molar-refractivity contribution in [2.45, 2.75) is 13.0 Å². The third-order valence-electron chi connectivity index (χ3n) is 3.40. The number of methoxy groups -OCH3 is 1. The number of hydrogen-bond acceptors (Lipinski definition) is 3. The zero-order chi connectivity index (χ0) is 16.7. The van der Waals surface area contributed by atoms with Crippen LogP contribution in [0.3, 0.4) is 0 Å². The van der Waals surface area contributed by atoms with Crippen molar-refractivity contribution < 1.29 is 14.3 Å². The average Bonchev–Trinajstić information content (AvgIpc) is 2.57. The second kappa shape index (κ2) is 8.44. The van der Waals surface area contributed by atoms with Crippen molar-refractivity contribution in [3.8, 4) is 11.5 Å². The summed E-state index contributed by atoms with van der Waals surface area (Å²) >= 11 is 5.85. The van der Waals surface area contributed by atoms with Gasteiger partial charge in [-0.15, -0.1) is 0 Å². The topological polar surface area (TPSA) is 38.8 Å². The van der Waals surface area contributed by atoms with Crippen LogP contribution in [0.5, 0.6) is 11.5 Å².